The van der Waals surface area contributed by atoms with Crippen molar-refractivity contribution >= 4 is 7.82 Å². The Labute approximate surface area is 232 Å². The van der Waals surface area contributed by atoms with Gasteiger partial charge in [-0.3, -0.25) is 4.52 Å². The van der Waals surface area contributed by atoms with Gasteiger partial charge < -0.3 is 24.0 Å². The normalized spacial score (nSPS) is 12.6. The zero-order valence-corrected chi connectivity index (χ0v) is 24.8. The standard InChI is InChI=1S/C30H55O7P/c1-2-3-4-5-6-7-8-9-10-11-12-13-14-15-16-18-23-30(37-29-21-19-17-20-22-29)28-35-25-24-34-26-27-36-38(31,32)33/h17,19-22,30H,2-16,18,23-28H2,1H3,(H2,31,32,33). The number of phosphoric ester groups is 1. The summed E-state index contributed by atoms with van der Waals surface area (Å²) in [6.07, 6.45) is 22.7. The molecule has 0 aliphatic heterocycles. The lowest BCUT2D eigenvalue weighted by Gasteiger charge is -2.19. The lowest BCUT2D eigenvalue weighted by Crippen LogP contribution is -2.24. The molecule has 0 radical (unpaired) electrons. The van der Waals surface area contributed by atoms with Crippen LogP contribution in [0.4, 0.5) is 0 Å². The molecule has 2 N–H and O–H groups in total. The SMILES string of the molecule is CCCCCCCCCCCCCCCCCCC(COCCOCCOP(=O)(O)O)Oc1ccccc1. The first-order valence-corrected chi connectivity index (χ1v) is 16.6. The second-order valence-corrected chi connectivity index (χ2v) is 11.4. The average Bonchev–Trinajstić information content (AvgIpc) is 2.89. The highest BCUT2D eigenvalue weighted by molar-refractivity contribution is 7.46. The molecular formula is C30H55O7P. The largest absolute Gasteiger partial charge is 0.488 e. The van der Waals surface area contributed by atoms with Crippen LogP contribution in [0.1, 0.15) is 116 Å². The van der Waals surface area contributed by atoms with Crippen LogP contribution in [0.15, 0.2) is 30.3 Å². The number of rotatable bonds is 28. The summed E-state index contributed by atoms with van der Waals surface area (Å²) in [5.74, 6) is 0.850. The van der Waals surface area contributed by atoms with Crippen molar-refractivity contribution in [3.05, 3.63) is 30.3 Å². The van der Waals surface area contributed by atoms with Crippen molar-refractivity contribution in [2.24, 2.45) is 0 Å². The zero-order chi connectivity index (χ0) is 27.6. The number of ether oxygens (including phenoxy) is 3. The Kier molecular flexibility index (Phi) is 23.1. The van der Waals surface area contributed by atoms with Crippen LogP contribution in [0, 0.1) is 0 Å². The molecule has 0 spiro atoms. The molecule has 7 nitrogen and oxygen atoms in total. The van der Waals surface area contributed by atoms with Crippen LogP contribution in [0.2, 0.25) is 0 Å². The van der Waals surface area contributed by atoms with Gasteiger partial charge in [0.1, 0.15) is 11.9 Å². The summed E-state index contributed by atoms with van der Waals surface area (Å²) in [5, 5.41) is 0. The summed E-state index contributed by atoms with van der Waals surface area (Å²) < 4.78 is 32.2. The van der Waals surface area contributed by atoms with E-state index >= 15 is 0 Å². The Balaban J connectivity index is 2.04. The van der Waals surface area contributed by atoms with E-state index in [1.807, 2.05) is 30.3 Å². The summed E-state index contributed by atoms with van der Waals surface area (Å²) in [7, 11) is -4.43. The van der Waals surface area contributed by atoms with Gasteiger partial charge in [-0.15, -0.1) is 0 Å². The predicted molar refractivity (Wildman–Crippen MR) is 155 cm³/mol. The predicted octanol–water partition coefficient (Wildman–Crippen LogP) is 8.23. The second kappa shape index (κ2) is 25.0. The molecule has 0 amide bonds. The second-order valence-electron chi connectivity index (χ2n) is 10.2. The van der Waals surface area contributed by atoms with Gasteiger partial charge >= 0.3 is 7.82 Å². The van der Waals surface area contributed by atoms with E-state index in [0.717, 1.165) is 18.6 Å². The third-order valence-electron chi connectivity index (χ3n) is 6.59. The zero-order valence-electron chi connectivity index (χ0n) is 23.9. The fourth-order valence-corrected chi connectivity index (χ4v) is 4.75. The molecule has 1 atom stereocenters. The third-order valence-corrected chi connectivity index (χ3v) is 7.11. The van der Waals surface area contributed by atoms with Crippen LogP contribution in [0.25, 0.3) is 0 Å². The van der Waals surface area contributed by atoms with Crippen molar-refractivity contribution in [2.45, 2.75) is 122 Å². The molecule has 222 valence electrons. The van der Waals surface area contributed by atoms with Crippen molar-refractivity contribution in [2.75, 3.05) is 33.0 Å². The smallest absolute Gasteiger partial charge is 0.469 e. The van der Waals surface area contributed by atoms with Crippen LogP contribution < -0.4 is 4.74 Å². The van der Waals surface area contributed by atoms with Gasteiger partial charge in [-0.2, -0.15) is 0 Å². The number of hydrogen-bond donors (Lipinski definition) is 2. The fourth-order valence-electron chi connectivity index (χ4n) is 4.44. The molecule has 0 fully saturated rings. The molecule has 0 aliphatic rings. The van der Waals surface area contributed by atoms with E-state index in [4.69, 9.17) is 24.0 Å². The van der Waals surface area contributed by atoms with Gasteiger partial charge in [0.2, 0.25) is 0 Å². The van der Waals surface area contributed by atoms with Gasteiger partial charge in [-0.1, -0.05) is 121 Å². The van der Waals surface area contributed by atoms with E-state index in [-0.39, 0.29) is 19.3 Å². The molecule has 0 aromatic heterocycles. The van der Waals surface area contributed by atoms with Crippen LogP contribution in [0.3, 0.4) is 0 Å². The first-order chi connectivity index (χ1) is 18.5. The van der Waals surface area contributed by atoms with Gasteiger partial charge in [0, 0.05) is 0 Å². The van der Waals surface area contributed by atoms with Crippen molar-refractivity contribution in [1.82, 2.24) is 0 Å². The molecule has 1 unspecified atom stereocenters. The van der Waals surface area contributed by atoms with Crippen molar-refractivity contribution < 1.29 is 33.1 Å². The van der Waals surface area contributed by atoms with Crippen LogP contribution in [0.5, 0.6) is 5.75 Å². The number of para-hydroxylation sites is 1. The van der Waals surface area contributed by atoms with E-state index in [1.165, 1.54) is 96.3 Å². The van der Waals surface area contributed by atoms with Gasteiger partial charge in [-0.25, -0.2) is 4.57 Å². The lowest BCUT2D eigenvalue weighted by molar-refractivity contribution is 0.00222. The Hall–Kier alpha value is -0.950. The van der Waals surface area contributed by atoms with Crippen LogP contribution >= 0.6 is 7.82 Å². The molecule has 1 aromatic rings. The first kappa shape index (κ1) is 35.1. The molecule has 38 heavy (non-hydrogen) atoms. The Bertz CT molecular complexity index is 668. The molecule has 8 heteroatoms. The van der Waals surface area contributed by atoms with E-state index in [2.05, 4.69) is 11.4 Å². The van der Waals surface area contributed by atoms with Crippen molar-refractivity contribution in [1.29, 1.82) is 0 Å². The maximum atomic E-state index is 10.6. The maximum absolute atomic E-state index is 10.6. The Morgan fingerprint density at radius 2 is 1.13 bits per heavy atom. The summed E-state index contributed by atoms with van der Waals surface area (Å²) in [4.78, 5) is 17.3. The van der Waals surface area contributed by atoms with Crippen molar-refractivity contribution in [3.8, 4) is 5.75 Å². The highest BCUT2D eigenvalue weighted by atomic mass is 31.2. The molecule has 1 rings (SSSR count). The molecule has 0 saturated heterocycles. The molecule has 0 bridgehead atoms. The molecule has 0 heterocycles. The van der Waals surface area contributed by atoms with E-state index in [9.17, 15) is 4.57 Å². The number of phosphoric acid groups is 1. The molecule has 0 saturated carbocycles. The highest BCUT2D eigenvalue weighted by Crippen LogP contribution is 2.35. The molecule has 1 aromatic carbocycles. The average molecular weight is 559 g/mol. The Morgan fingerprint density at radius 3 is 1.66 bits per heavy atom. The summed E-state index contributed by atoms with van der Waals surface area (Å²) in [6, 6.07) is 9.84. The fraction of sp³-hybridized carbons (Fsp3) is 0.800. The van der Waals surface area contributed by atoms with E-state index < -0.39 is 7.82 Å². The summed E-state index contributed by atoms with van der Waals surface area (Å²) in [6.45, 7) is 3.45. The lowest BCUT2D eigenvalue weighted by atomic mass is 10.0. The van der Waals surface area contributed by atoms with Gasteiger partial charge in [0.05, 0.1) is 33.0 Å². The number of benzene rings is 1. The topological polar surface area (TPSA) is 94.5 Å². The van der Waals surface area contributed by atoms with Gasteiger partial charge in [0.25, 0.3) is 0 Å². The summed E-state index contributed by atoms with van der Waals surface area (Å²) >= 11 is 0. The minimum atomic E-state index is -4.43. The third kappa shape index (κ3) is 24.1. The van der Waals surface area contributed by atoms with Crippen LogP contribution in [-0.2, 0) is 18.6 Å². The summed E-state index contributed by atoms with van der Waals surface area (Å²) in [5.41, 5.74) is 0. The highest BCUT2D eigenvalue weighted by Gasteiger charge is 2.13. The number of hydrogen-bond acceptors (Lipinski definition) is 5. The van der Waals surface area contributed by atoms with Crippen molar-refractivity contribution in [3.63, 3.8) is 0 Å². The monoisotopic (exact) mass is 558 g/mol. The van der Waals surface area contributed by atoms with Gasteiger partial charge in [-0.05, 0) is 25.0 Å². The number of unbranched alkanes of at least 4 members (excludes halogenated alkanes) is 15. The molecule has 0 aliphatic carbocycles. The first-order valence-electron chi connectivity index (χ1n) is 15.1. The van der Waals surface area contributed by atoms with Gasteiger partial charge in [0.15, 0.2) is 0 Å². The quantitative estimate of drug-likeness (QED) is 0.0790. The minimum absolute atomic E-state index is 0.0120. The Morgan fingerprint density at radius 1 is 0.658 bits per heavy atom. The molecular weight excluding hydrogens is 503 g/mol. The van der Waals surface area contributed by atoms with E-state index in [0.29, 0.717) is 19.8 Å². The van der Waals surface area contributed by atoms with E-state index in [1.54, 1.807) is 0 Å². The maximum Gasteiger partial charge on any atom is 0.469 e. The van der Waals surface area contributed by atoms with Crippen LogP contribution in [-0.4, -0.2) is 48.9 Å². The minimum Gasteiger partial charge on any atom is -0.488 e.